The molecule has 4 nitrogen and oxygen atoms in total. The molecule has 0 amide bonds. The molecule has 5 heteroatoms. The Labute approximate surface area is 117 Å². The number of halogens is 1. The fourth-order valence-electron chi connectivity index (χ4n) is 1.47. The van der Waals surface area contributed by atoms with Gasteiger partial charge < -0.3 is 19.9 Å². The zero-order valence-electron chi connectivity index (χ0n) is 10.6. The second-order valence-electron chi connectivity index (χ2n) is 3.75. The van der Waals surface area contributed by atoms with E-state index in [0.29, 0.717) is 33.0 Å². The minimum atomic E-state index is -0.0795. The van der Waals surface area contributed by atoms with Gasteiger partial charge in [0.2, 0.25) is 0 Å². The Balaban J connectivity index is 2.27. The molecule has 0 saturated heterocycles. The van der Waals surface area contributed by atoms with E-state index < -0.39 is 0 Å². The van der Waals surface area contributed by atoms with Crippen molar-refractivity contribution in [3.05, 3.63) is 34.3 Å². The maximum absolute atomic E-state index is 5.71. The fraction of sp³-hybridized carbons (Fsp3) is 0.538. The average molecular weight is 318 g/mol. The van der Waals surface area contributed by atoms with Gasteiger partial charge in [-0.05, 0) is 17.7 Å². The molecule has 0 spiro atoms. The molecule has 2 N–H and O–H groups in total. The van der Waals surface area contributed by atoms with Gasteiger partial charge in [-0.3, -0.25) is 0 Å². The van der Waals surface area contributed by atoms with Crippen LogP contribution in [0, 0.1) is 0 Å². The van der Waals surface area contributed by atoms with Crippen molar-refractivity contribution in [1.82, 2.24) is 0 Å². The first-order valence-electron chi connectivity index (χ1n) is 5.91. The van der Waals surface area contributed by atoms with Crippen molar-refractivity contribution >= 4 is 15.9 Å². The highest BCUT2D eigenvalue weighted by Gasteiger charge is 2.09. The number of ether oxygens (including phenoxy) is 3. The molecule has 1 rings (SSSR count). The van der Waals surface area contributed by atoms with E-state index in [1.807, 2.05) is 24.3 Å². The Morgan fingerprint density at radius 3 is 2.39 bits per heavy atom. The van der Waals surface area contributed by atoms with Crippen LogP contribution in [0.3, 0.4) is 0 Å². The molecular formula is C13H20BrNO3. The highest BCUT2D eigenvalue weighted by atomic mass is 79.9. The minimum absolute atomic E-state index is 0.0795. The summed E-state index contributed by atoms with van der Waals surface area (Å²) < 4.78 is 16.9. The quantitative estimate of drug-likeness (QED) is 0.709. The first-order valence-corrected chi connectivity index (χ1v) is 6.71. The minimum Gasteiger partial charge on any atom is -0.382 e. The molecule has 0 aliphatic rings. The van der Waals surface area contributed by atoms with E-state index in [1.54, 1.807) is 7.11 Å². The molecule has 1 aromatic rings. The summed E-state index contributed by atoms with van der Waals surface area (Å²) in [5.41, 5.74) is 6.79. The summed E-state index contributed by atoms with van der Waals surface area (Å²) in [5.74, 6) is 0. The lowest BCUT2D eigenvalue weighted by molar-refractivity contribution is -0.00422. The summed E-state index contributed by atoms with van der Waals surface area (Å²) in [4.78, 5) is 0. The summed E-state index contributed by atoms with van der Waals surface area (Å²) in [6, 6.07) is 7.98. The largest absolute Gasteiger partial charge is 0.382 e. The van der Waals surface area contributed by atoms with E-state index in [2.05, 4.69) is 15.9 Å². The van der Waals surface area contributed by atoms with Crippen molar-refractivity contribution < 1.29 is 14.2 Å². The Morgan fingerprint density at radius 2 is 1.78 bits per heavy atom. The first-order chi connectivity index (χ1) is 8.77. The Bertz CT molecular complexity index is 319. The van der Waals surface area contributed by atoms with Crippen molar-refractivity contribution in [2.45, 2.75) is 6.10 Å². The maximum atomic E-state index is 5.71. The van der Waals surface area contributed by atoms with Crippen molar-refractivity contribution in [3.8, 4) is 0 Å². The maximum Gasteiger partial charge on any atom is 0.0948 e. The van der Waals surface area contributed by atoms with Crippen LogP contribution < -0.4 is 5.73 Å². The summed E-state index contributed by atoms with van der Waals surface area (Å²) in [5, 5.41) is 0. The van der Waals surface area contributed by atoms with E-state index in [4.69, 9.17) is 19.9 Å². The van der Waals surface area contributed by atoms with E-state index >= 15 is 0 Å². The standard InChI is InChI=1S/C13H20BrNO3/c1-16-6-7-17-8-9-18-13(10-15)11-2-4-12(14)5-3-11/h2-5,13H,6-10,15H2,1H3. The van der Waals surface area contributed by atoms with Gasteiger partial charge in [0.05, 0.1) is 32.5 Å². The Kier molecular flexibility index (Phi) is 8.20. The molecule has 0 fully saturated rings. The monoisotopic (exact) mass is 317 g/mol. The molecule has 1 unspecified atom stereocenters. The lowest BCUT2D eigenvalue weighted by Gasteiger charge is -2.16. The molecule has 102 valence electrons. The number of benzene rings is 1. The lowest BCUT2D eigenvalue weighted by atomic mass is 10.1. The van der Waals surface area contributed by atoms with E-state index in [0.717, 1.165) is 10.0 Å². The van der Waals surface area contributed by atoms with Crippen LogP contribution in [0.25, 0.3) is 0 Å². The smallest absolute Gasteiger partial charge is 0.0948 e. The molecule has 1 atom stereocenters. The van der Waals surface area contributed by atoms with Gasteiger partial charge in [-0.2, -0.15) is 0 Å². The highest BCUT2D eigenvalue weighted by molar-refractivity contribution is 9.10. The molecule has 0 bridgehead atoms. The summed E-state index contributed by atoms with van der Waals surface area (Å²) in [7, 11) is 1.65. The summed E-state index contributed by atoms with van der Waals surface area (Å²) in [6.45, 7) is 2.73. The second kappa shape index (κ2) is 9.47. The summed E-state index contributed by atoms with van der Waals surface area (Å²) in [6.07, 6.45) is -0.0795. The topological polar surface area (TPSA) is 53.7 Å². The molecule has 0 radical (unpaired) electrons. The predicted molar refractivity (Wildman–Crippen MR) is 74.6 cm³/mol. The van der Waals surface area contributed by atoms with Crippen LogP contribution in [0.15, 0.2) is 28.7 Å². The summed E-state index contributed by atoms with van der Waals surface area (Å²) >= 11 is 3.40. The third kappa shape index (κ3) is 5.93. The number of nitrogens with two attached hydrogens (primary N) is 1. The van der Waals surface area contributed by atoms with Gasteiger partial charge in [0.25, 0.3) is 0 Å². The fourth-order valence-corrected chi connectivity index (χ4v) is 1.74. The second-order valence-corrected chi connectivity index (χ2v) is 4.67. The molecular weight excluding hydrogens is 298 g/mol. The zero-order valence-corrected chi connectivity index (χ0v) is 12.2. The van der Waals surface area contributed by atoms with Gasteiger partial charge in [-0.25, -0.2) is 0 Å². The van der Waals surface area contributed by atoms with Crippen LogP contribution in [-0.4, -0.2) is 40.1 Å². The molecule has 0 saturated carbocycles. The SMILES string of the molecule is COCCOCCOC(CN)c1ccc(Br)cc1. The molecule has 0 aromatic heterocycles. The van der Waals surface area contributed by atoms with Crippen LogP contribution >= 0.6 is 15.9 Å². The van der Waals surface area contributed by atoms with E-state index in [-0.39, 0.29) is 6.10 Å². The normalized spacial score (nSPS) is 12.6. The number of rotatable bonds is 9. The first kappa shape index (κ1) is 15.6. The van der Waals surface area contributed by atoms with Crippen LogP contribution in [0.4, 0.5) is 0 Å². The lowest BCUT2D eigenvalue weighted by Crippen LogP contribution is -2.18. The number of hydrogen-bond donors (Lipinski definition) is 1. The molecule has 1 aromatic carbocycles. The van der Waals surface area contributed by atoms with Gasteiger partial charge in [0, 0.05) is 18.1 Å². The number of hydrogen-bond acceptors (Lipinski definition) is 4. The highest BCUT2D eigenvalue weighted by Crippen LogP contribution is 2.18. The van der Waals surface area contributed by atoms with Gasteiger partial charge in [0.1, 0.15) is 0 Å². The average Bonchev–Trinajstić information content (AvgIpc) is 2.39. The van der Waals surface area contributed by atoms with Crippen molar-refractivity contribution in [3.63, 3.8) is 0 Å². The van der Waals surface area contributed by atoms with Gasteiger partial charge >= 0.3 is 0 Å². The molecule has 18 heavy (non-hydrogen) atoms. The van der Waals surface area contributed by atoms with Gasteiger partial charge in [-0.1, -0.05) is 28.1 Å². The van der Waals surface area contributed by atoms with Crippen LogP contribution in [-0.2, 0) is 14.2 Å². The molecule has 0 aliphatic heterocycles. The van der Waals surface area contributed by atoms with Crippen molar-refractivity contribution in [2.24, 2.45) is 5.73 Å². The van der Waals surface area contributed by atoms with Crippen molar-refractivity contribution in [2.75, 3.05) is 40.1 Å². The zero-order chi connectivity index (χ0) is 13.2. The third-order valence-corrected chi connectivity index (χ3v) is 2.96. The van der Waals surface area contributed by atoms with Crippen molar-refractivity contribution in [1.29, 1.82) is 0 Å². The van der Waals surface area contributed by atoms with Crippen LogP contribution in [0.1, 0.15) is 11.7 Å². The van der Waals surface area contributed by atoms with Crippen LogP contribution in [0.5, 0.6) is 0 Å². The van der Waals surface area contributed by atoms with E-state index in [9.17, 15) is 0 Å². The van der Waals surface area contributed by atoms with E-state index in [1.165, 1.54) is 0 Å². The van der Waals surface area contributed by atoms with Crippen LogP contribution in [0.2, 0.25) is 0 Å². The molecule has 0 aliphatic carbocycles. The molecule has 0 heterocycles. The Hall–Kier alpha value is -0.460. The predicted octanol–water partition coefficient (Wildman–Crippen LogP) is 2.13. The number of methoxy groups -OCH3 is 1. The Morgan fingerprint density at radius 1 is 1.11 bits per heavy atom. The van der Waals surface area contributed by atoms with Gasteiger partial charge in [0.15, 0.2) is 0 Å². The third-order valence-electron chi connectivity index (χ3n) is 2.43. The van der Waals surface area contributed by atoms with Gasteiger partial charge in [-0.15, -0.1) is 0 Å².